The van der Waals surface area contributed by atoms with E-state index in [4.69, 9.17) is 28.3 Å². The zero-order chi connectivity index (χ0) is 16.2. The molecule has 21 heavy (non-hydrogen) atoms. The first-order valence-corrected chi connectivity index (χ1v) is 7.37. The van der Waals surface area contributed by atoms with Crippen LogP contribution in [0.2, 0.25) is 0 Å². The second-order valence-corrected chi connectivity index (χ2v) is 6.40. The number of alkyl halides is 5. The van der Waals surface area contributed by atoms with Crippen molar-refractivity contribution >= 4 is 45.1 Å². The molecule has 0 heterocycles. The van der Waals surface area contributed by atoms with Gasteiger partial charge >= 0.3 is 12.1 Å². The monoisotopic (exact) mass is 407 g/mol. The first-order chi connectivity index (χ1) is 9.61. The standard InChI is InChI=1S/C12H11BrCl2F3NO2/c13-7-3-1-6(2-4-7)10(12(16,17)18)19-8(11(20)21)5-9(14)15/h1-4,8-10,19H,5H2,(H,20,21)/t8-,10+/m0/s1. The lowest BCUT2D eigenvalue weighted by molar-refractivity contribution is -0.163. The van der Waals surface area contributed by atoms with Crippen LogP contribution in [0.5, 0.6) is 0 Å². The molecule has 118 valence electrons. The lowest BCUT2D eigenvalue weighted by Crippen LogP contribution is -2.45. The minimum Gasteiger partial charge on any atom is -0.480 e. The van der Waals surface area contributed by atoms with E-state index in [1.807, 2.05) is 0 Å². The number of rotatable bonds is 6. The number of carbonyl (C=O) groups is 1. The fraction of sp³-hybridized carbons (Fsp3) is 0.417. The van der Waals surface area contributed by atoms with Crippen molar-refractivity contribution in [3.63, 3.8) is 0 Å². The molecule has 2 N–H and O–H groups in total. The fourth-order valence-corrected chi connectivity index (χ4v) is 2.28. The van der Waals surface area contributed by atoms with Gasteiger partial charge in [-0.15, -0.1) is 23.2 Å². The Morgan fingerprint density at radius 2 is 1.81 bits per heavy atom. The molecule has 3 nitrogen and oxygen atoms in total. The molecule has 0 saturated carbocycles. The van der Waals surface area contributed by atoms with Gasteiger partial charge in [0.25, 0.3) is 0 Å². The molecule has 0 saturated heterocycles. The van der Waals surface area contributed by atoms with Crippen LogP contribution >= 0.6 is 39.1 Å². The highest BCUT2D eigenvalue weighted by molar-refractivity contribution is 9.10. The maximum Gasteiger partial charge on any atom is 0.407 e. The third kappa shape index (κ3) is 6.02. The van der Waals surface area contributed by atoms with Gasteiger partial charge in [0.05, 0.1) is 0 Å². The summed E-state index contributed by atoms with van der Waals surface area (Å²) in [4.78, 5) is 9.94. The Labute approximate surface area is 137 Å². The second kappa shape index (κ2) is 7.67. The summed E-state index contributed by atoms with van der Waals surface area (Å²) in [5, 5.41) is 11.0. The van der Waals surface area contributed by atoms with Crippen LogP contribution in [0.25, 0.3) is 0 Å². The van der Waals surface area contributed by atoms with E-state index >= 15 is 0 Å². The average molecular weight is 409 g/mol. The number of hydrogen-bond acceptors (Lipinski definition) is 2. The highest BCUT2D eigenvalue weighted by atomic mass is 79.9. The number of carboxylic acids is 1. The van der Waals surface area contributed by atoms with Gasteiger partial charge in [-0.05, 0) is 17.7 Å². The average Bonchev–Trinajstić information content (AvgIpc) is 2.33. The molecule has 0 radical (unpaired) electrons. The molecule has 1 rings (SSSR count). The summed E-state index contributed by atoms with van der Waals surface area (Å²) in [6.07, 6.45) is -5.00. The SMILES string of the molecule is O=C(O)[C@H](CC(Cl)Cl)N[C@H](c1ccc(Br)cc1)C(F)(F)F. The van der Waals surface area contributed by atoms with E-state index in [9.17, 15) is 18.0 Å². The van der Waals surface area contributed by atoms with Crippen molar-refractivity contribution in [3.05, 3.63) is 34.3 Å². The fourth-order valence-electron chi connectivity index (χ4n) is 1.65. The maximum atomic E-state index is 13.1. The van der Waals surface area contributed by atoms with Crippen LogP contribution in [0.15, 0.2) is 28.7 Å². The van der Waals surface area contributed by atoms with Crippen LogP contribution in [-0.2, 0) is 4.79 Å². The van der Waals surface area contributed by atoms with E-state index in [2.05, 4.69) is 21.2 Å². The van der Waals surface area contributed by atoms with Crippen LogP contribution < -0.4 is 5.32 Å². The van der Waals surface area contributed by atoms with Gasteiger partial charge in [-0.3, -0.25) is 10.1 Å². The summed E-state index contributed by atoms with van der Waals surface area (Å²) >= 11 is 14.0. The third-order valence-electron chi connectivity index (χ3n) is 2.61. The van der Waals surface area contributed by atoms with E-state index in [1.54, 1.807) is 0 Å². The van der Waals surface area contributed by atoms with E-state index in [0.717, 1.165) is 0 Å². The van der Waals surface area contributed by atoms with Crippen molar-refractivity contribution in [3.8, 4) is 0 Å². The predicted octanol–water partition coefficient (Wildman–Crippen LogP) is 4.29. The van der Waals surface area contributed by atoms with E-state index in [1.165, 1.54) is 24.3 Å². The summed E-state index contributed by atoms with van der Waals surface area (Å²) < 4.78 is 40.0. The summed E-state index contributed by atoms with van der Waals surface area (Å²) in [6, 6.07) is 1.76. The zero-order valence-corrected chi connectivity index (χ0v) is 13.5. The smallest absolute Gasteiger partial charge is 0.407 e. The van der Waals surface area contributed by atoms with Crippen molar-refractivity contribution in [2.75, 3.05) is 0 Å². The van der Waals surface area contributed by atoms with E-state index in [-0.39, 0.29) is 12.0 Å². The second-order valence-electron chi connectivity index (χ2n) is 4.21. The van der Waals surface area contributed by atoms with Crippen molar-refractivity contribution < 1.29 is 23.1 Å². The summed E-state index contributed by atoms with van der Waals surface area (Å²) in [7, 11) is 0. The highest BCUT2D eigenvalue weighted by Crippen LogP contribution is 2.34. The number of benzene rings is 1. The van der Waals surface area contributed by atoms with Crippen molar-refractivity contribution in [2.24, 2.45) is 0 Å². The summed E-state index contributed by atoms with van der Waals surface area (Å²) in [6.45, 7) is 0. The van der Waals surface area contributed by atoms with Crippen LogP contribution in [0.1, 0.15) is 18.0 Å². The maximum absolute atomic E-state index is 13.1. The van der Waals surface area contributed by atoms with Gasteiger partial charge in [-0.25, -0.2) is 0 Å². The minimum absolute atomic E-state index is 0.0994. The Bertz CT molecular complexity index is 482. The lowest BCUT2D eigenvalue weighted by Gasteiger charge is -2.26. The number of aliphatic carboxylic acids is 1. The van der Waals surface area contributed by atoms with Crippen LogP contribution in [0, 0.1) is 0 Å². The Balaban J connectivity index is 3.03. The first-order valence-electron chi connectivity index (χ1n) is 5.70. The molecule has 0 unspecified atom stereocenters. The zero-order valence-electron chi connectivity index (χ0n) is 10.4. The minimum atomic E-state index is -4.66. The molecule has 0 aromatic heterocycles. The molecule has 0 bridgehead atoms. The quantitative estimate of drug-likeness (QED) is 0.690. The number of carboxylic acid groups (broad SMARTS) is 1. The predicted molar refractivity (Wildman–Crippen MR) is 77.6 cm³/mol. The van der Waals surface area contributed by atoms with E-state index in [0.29, 0.717) is 4.47 Å². The van der Waals surface area contributed by atoms with Gasteiger partial charge in [0, 0.05) is 10.9 Å². The lowest BCUT2D eigenvalue weighted by atomic mass is 10.0. The third-order valence-corrected chi connectivity index (χ3v) is 3.50. The van der Waals surface area contributed by atoms with Crippen LogP contribution in [0.4, 0.5) is 13.2 Å². The van der Waals surface area contributed by atoms with Crippen molar-refractivity contribution in [1.82, 2.24) is 5.32 Å². The largest absolute Gasteiger partial charge is 0.480 e. The number of nitrogens with one attached hydrogen (secondary N) is 1. The van der Waals surface area contributed by atoms with Crippen molar-refractivity contribution in [1.29, 1.82) is 0 Å². The Morgan fingerprint density at radius 3 is 2.19 bits per heavy atom. The van der Waals surface area contributed by atoms with Gasteiger partial charge in [0.15, 0.2) is 0 Å². The molecule has 0 amide bonds. The molecular formula is C12H11BrCl2F3NO2. The highest BCUT2D eigenvalue weighted by Gasteiger charge is 2.43. The number of halogens is 6. The van der Waals surface area contributed by atoms with Gasteiger partial charge in [0.2, 0.25) is 0 Å². The molecule has 1 aromatic rings. The number of hydrogen-bond donors (Lipinski definition) is 2. The van der Waals surface area contributed by atoms with Gasteiger partial charge in [-0.1, -0.05) is 28.1 Å². The van der Waals surface area contributed by atoms with Gasteiger partial charge in [0.1, 0.15) is 16.9 Å². The van der Waals surface area contributed by atoms with Gasteiger partial charge in [-0.2, -0.15) is 13.2 Å². The van der Waals surface area contributed by atoms with Crippen LogP contribution in [0.3, 0.4) is 0 Å². The van der Waals surface area contributed by atoms with Crippen LogP contribution in [-0.4, -0.2) is 28.1 Å². The van der Waals surface area contributed by atoms with Gasteiger partial charge < -0.3 is 5.11 Å². The molecule has 0 aliphatic heterocycles. The Hall–Kier alpha value is -0.500. The molecular weight excluding hydrogens is 398 g/mol. The molecule has 9 heteroatoms. The summed E-state index contributed by atoms with van der Waals surface area (Å²) in [5.74, 6) is -1.45. The summed E-state index contributed by atoms with van der Waals surface area (Å²) in [5.41, 5.74) is -0.0994. The molecule has 0 fully saturated rings. The molecule has 2 atom stereocenters. The molecule has 1 aromatic carbocycles. The Morgan fingerprint density at radius 1 is 1.29 bits per heavy atom. The van der Waals surface area contributed by atoms with Crippen molar-refractivity contribution in [2.45, 2.75) is 29.5 Å². The van der Waals surface area contributed by atoms with E-state index < -0.39 is 29.1 Å². The first kappa shape index (κ1) is 18.5. The normalized spacial score (nSPS) is 15.0. The Kier molecular flexibility index (Phi) is 6.77. The topological polar surface area (TPSA) is 49.3 Å². The molecule has 0 spiro atoms. The molecule has 0 aliphatic rings. The molecule has 0 aliphatic carbocycles.